The first kappa shape index (κ1) is 12.8. The molecule has 0 nitrogen and oxygen atoms in total. The van der Waals surface area contributed by atoms with E-state index in [9.17, 15) is 0 Å². The van der Waals surface area contributed by atoms with Crippen molar-refractivity contribution in [3.63, 3.8) is 0 Å². The van der Waals surface area contributed by atoms with Gasteiger partial charge in [-0.3, -0.25) is 0 Å². The predicted molar refractivity (Wildman–Crippen MR) is 99.6 cm³/mol. The quantitative estimate of drug-likeness (QED) is 0.342. The highest BCUT2D eigenvalue weighted by Gasteiger charge is 2.07. The molecule has 0 amide bonds. The van der Waals surface area contributed by atoms with Gasteiger partial charge < -0.3 is 0 Å². The average molecular weight is 380 g/mol. The molecule has 0 aliphatic heterocycles. The van der Waals surface area contributed by atoms with Crippen molar-refractivity contribution in [2.24, 2.45) is 0 Å². The fourth-order valence-corrected chi connectivity index (χ4v) is 3.46. The molecule has 0 saturated heterocycles. The Kier molecular flexibility index (Phi) is 3.15. The van der Waals surface area contributed by atoms with E-state index in [0.29, 0.717) is 0 Å². The van der Waals surface area contributed by atoms with Gasteiger partial charge in [-0.2, -0.15) is 0 Å². The van der Waals surface area contributed by atoms with Crippen molar-refractivity contribution < 1.29 is 0 Å². The monoisotopic (exact) mass is 380 g/mol. The lowest BCUT2D eigenvalue weighted by molar-refractivity contribution is 1.66. The van der Waals surface area contributed by atoms with Gasteiger partial charge in [0.05, 0.1) is 0 Å². The van der Waals surface area contributed by atoms with E-state index in [2.05, 4.69) is 101 Å². The first-order chi connectivity index (χ1) is 10.3. The minimum absolute atomic E-state index is 1.27. The summed E-state index contributed by atoms with van der Waals surface area (Å²) in [6.45, 7) is 0. The van der Waals surface area contributed by atoms with Gasteiger partial charge in [0.2, 0.25) is 0 Å². The highest BCUT2D eigenvalue weighted by molar-refractivity contribution is 14.1. The summed E-state index contributed by atoms with van der Waals surface area (Å²) in [5.41, 5.74) is 2.61. The first-order valence-electron chi connectivity index (χ1n) is 6.99. The Morgan fingerprint density at radius 3 is 1.95 bits per heavy atom. The van der Waals surface area contributed by atoms with Crippen molar-refractivity contribution in [2.75, 3.05) is 0 Å². The van der Waals surface area contributed by atoms with E-state index in [-0.39, 0.29) is 0 Å². The normalized spacial score (nSPS) is 11.1. The summed E-state index contributed by atoms with van der Waals surface area (Å²) in [5.74, 6) is 0. The third kappa shape index (κ3) is 2.22. The molecular weight excluding hydrogens is 367 g/mol. The Balaban J connectivity index is 2.09. The summed E-state index contributed by atoms with van der Waals surface area (Å²) in [7, 11) is 0. The van der Waals surface area contributed by atoms with Crippen LogP contribution in [0, 0.1) is 3.57 Å². The maximum atomic E-state index is 2.37. The highest BCUT2D eigenvalue weighted by atomic mass is 127. The van der Waals surface area contributed by atoms with Crippen LogP contribution in [0.15, 0.2) is 78.9 Å². The maximum Gasteiger partial charge on any atom is 0.0136 e. The van der Waals surface area contributed by atoms with Gasteiger partial charge in [0.25, 0.3) is 0 Å². The standard InChI is InChI=1S/C20H13I/c21-16-11-12-18-15(13-16)7-4-10-20(18)19-9-3-6-14-5-1-2-8-17(14)19/h1-13H. The number of halogens is 1. The third-order valence-electron chi connectivity index (χ3n) is 3.92. The van der Waals surface area contributed by atoms with Gasteiger partial charge in [-0.05, 0) is 67.4 Å². The molecule has 4 rings (SSSR count). The van der Waals surface area contributed by atoms with E-state index in [1.165, 1.54) is 36.2 Å². The van der Waals surface area contributed by atoms with Crippen molar-refractivity contribution in [1.29, 1.82) is 0 Å². The van der Waals surface area contributed by atoms with Gasteiger partial charge >= 0.3 is 0 Å². The fourth-order valence-electron chi connectivity index (χ4n) is 2.95. The van der Waals surface area contributed by atoms with Gasteiger partial charge in [0, 0.05) is 3.57 Å². The van der Waals surface area contributed by atoms with Gasteiger partial charge in [-0.15, -0.1) is 0 Å². The number of benzene rings is 4. The molecule has 0 spiro atoms. The van der Waals surface area contributed by atoms with Crippen molar-refractivity contribution in [3.8, 4) is 11.1 Å². The van der Waals surface area contributed by atoms with E-state index >= 15 is 0 Å². The maximum absolute atomic E-state index is 2.37. The van der Waals surface area contributed by atoms with E-state index < -0.39 is 0 Å². The Hall–Kier alpha value is -1.87. The molecule has 0 unspecified atom stereocenters. The summed E-state index contributed by atoms with van der Waals surface area (Å²) < 4.78 is 1.27. The minimum atomic E-state index is 1.27. The number of fused-ring (bicyclic) bond motifs is 2. The largest absolute Gasteiger partial charge is 0.0616 e. The molecule has 100 valence electrons. The number of hydrogen-bond acceptors (Lipinski definition) is 0. The van der Waals surface area contributed by atoms with Gasteiger partial charge in [0.15, 0.2) is 0 Å². The molecule has 0 saturated carbocycles. The molecule has 4 aromatic carbocycles. The lowest BCUT2D eigenvalue weighted by Crippen LogP contribution is -1.84. The van der Waals surface area contributed by atoms with Crippen LogP contribution in [0.1, 0.15) is 0 Å². The summed E-state index contributed by atoms with van der Waals surface area (Å²) >= 11 is 2.37. The first-order valence-corrected chi connectivity index (χ1v) is 8.07. The Morgan fingerprint density at radius 2 is 1.14 bits per heavy atom. The van der Waals surface area contributed by atoms with Gasteiger partial charge in [-0.25, -0.2) is 0 Å². The number of rotatable bonds is 1. The van der Waals surface area contributed by atoms with Crippen molar-refractivity contribution in [1.82, 2.24) is 0 Å². The van der Waals surface area contributed by atoms with Crippen LogP contribution < -0.4 is 0 Å². The van der Waals surface area contributed by atoms with Crippen molar-refractivity contribution in [3.05, 3.63) is 82.4 Å². The Labute approximate surface area is 137 Å². The Morgan fingerprint density at radius 1 is 0.524 bits per heavy atom. The lowest BCUT2D eigenvalue weighted by atomic mass is 9.94. The van der Waals surface area contributed by atoms with Crippen LogP contribution in [0.25, 0.3) is 32.7 Å². The van der Waals surface area contributed by atoms with Crippen molar-refractivity contribution in [2.45, 2.75) is 0 Å². The smallest absolute Gasteiger partial charge is 0.0136 e. The average Bonchev–Trinajstić information content (AvgIpc) is 2.53. The number of hydrogen-bond donors (Lipinski definition) is 0. The second kappa shape index (κ2) is 5.15. The van der Waals surface area contributed by atoms with E-state index in [4.69, 9.17) is 0 Å². The van der Waals surface area contributed by atoms with Gasteiger partial charge in [0.1, 0.15) is 0 Å². The van der Waals surface area contributed by atoms with E-state index in [1.807, 2.05) is 0 Å². The van der Waals surface area contributed by atoms with Crippen LogP contribution in [0.5, 0.6) is 0 Å². The SMILES string of the molecule is Ic1ccc2c(-c3cccc4ccccc34)cccc2c1. The summed E-state index contributed by atoms with van der Waals surface area (Å²) in [5, 5.41) is 5.21. The lowest BCUT2D eigenvalue weighted by Gasteiger charge is -2.10. The summed E-state index contributed by atoms with van der Waals surface area (Å²) in [4.78, 5) is 0. The van der Waals surface area contributed by atoms with Gasteiger partial charge in [-0.1, -0.05) is 66.7 Å². The van der Waals surface area contributed by atoms with Crippen LogP contribution in [0.4, 0.5) is 0 Å². The van der Waals surface area contributed by atoms with Crippen LogP contribution >= 0.6 is 22.6 Å². The third-order valence-corrected chi connectivity index (χ3v) is 4.59. The van der Waals surface area contributed by atoms with Crippen LogP contribution in [-0.2, 0) is 0 Å². The molecule has 0 heterocycles. The fraction of sp³-hybridized carbons (Fsp3) is 0. The molecular formula is C20H13I. The molecule has 0 aliphatic carbocycles. The summed E-state index contributed by atoms with van der Waals surface area (Å²) in [6, 6.07) is 28.3. The topological polar surface area (TPSA) is 0 Å². The minimum Gasteiger partial charge on any atom is -0.0616 e. The van der Waals surface area contributed by atoms with E-state index in [0.717, 1.165) is 0 Å². The van der Waals surface area contributed by atoms with Crippen LogP contribution in [-0.4, -0.2) is 0 Å². The molecule has 0 fully saturated rings. The van der Waals surface area contributed by atoms with Crippen molar-refractivity contribution >= 4 is 44.1 Å². The molecule has 1 heteroatoms. The molecule has 0 radical (unpaired) electrons. The molecule has 0 atom stereocenters. The molecule has 0 bridgehead atoms. The predicted octanol–water partition coefficient (Wildman–Crippen LogP) is 6.26. The molecule has 0 aromatic heterocycles. The highest BCUT2D eigenvalue weighted by Crippen LogP contribution is 2.34. The van der Waals surface area contributed by atoms with Crippen LogP contribution in [0.3, 0.4) is 0 Å². The molecule has 21 heavy (non-hydrogen) atoms. The zero-order valence-corrected chi connectivity index (χ0v) is 13.5. The van der Waals surface area contributed by atoms with E-state index in [1.54, 1.807) is 0 Å². The second-order valence-corrected chi connectivity index (χ2v) is 6.44. The molecule has 0 N–H and O–H groups in total. The van der Waals surface area contributed by atoms with Crippen LogP contribution in [0.2, 0.25) is 0 Å². The zero-order chi connectivity index (χ0) is 14.2. The molecule has 4 aromatic rings. The Bertz CT molecular complexity index is 949. The summed E-state index contributed by atoms with van der Waals surface area (Å²) in [6.07, 6.45) is 0. The zero-order valence-electron chi connectivity index (χ0n) is 11.4. The molecule has 0 aliphatic rings. The second-order valence-electron chi connectivity index (χ2n) is 5.20.